The van der Waals surface area contributed by atoms with Crippen molar-refractivity contribution in [2.45, 2.75) is 31.6 Å². The van der Waals surface area contributed by atoms with Gasteiger partial charge in [0.05, 0.1) is 29.1 Å². The average Bonchev–Trinajstić information content (AvgIpc) is 3.47. The Balaban J connectivity index is 1.43. The van der Waals surface area contributed by atoms with Gasteiger partial charge >= 0.3 is 0 Å². The van der Waals surface area contributed by atoms with Crippen molar-refractivity contribution in [1.82, 2.24) is 15.3 Å². The van der Waals surface area contributed by atoms with Gasteiger partial charge in [0.2, 0.25) is 0 Å². The van der Waals surface area contributed by atoms with Gasteiger partial charge in [-0.1, -0.05) is 12.1 Å². The van der Waals surface area contributed by atoms with Crippen molar-refractivity contribution in [3.05, 3.63) is 94.7 Å². The van der Waals surface area contributed by atoms with Gasteiger partial charge in [-0.3, -0.25) is 0 Å². The molecule has 0 spiro atoms. The summed E-state index contributed by atoms with van der Waals surface area (Å²) in [6.45, 7) is 2.48. The maximum absolute atomic E-state index is 13.5. The third kappa shape index (κ3) is 7.09. The molecule has 0 radical (unpaired) electrons. The highest BCUT2D eigenvalue weighted by Gasteiger charge is 2.43. The van der Waals surface area contributed by atoms with Crippen molar-refractivity contribution >= 4 is 48.2 Å². The van der Waals surface area contributed by atoms with E-state index in [0.717, 1.165) is 22.2 Å². The topological polar surface area (TPSA) is 112 Å². The summed E-state index contributed by atoms with van der Waals surface area (Å²) in [7, 11) is -1.53. The summed E-state index contributed by atoms with van der Waals surface area (Å²) in [5.74, 6) is 1.49. The molecule has 2 heterocycles. The normalized spacial score (nSPS) is 17.0. The van der Waals surface area contributed by atoms with Crippen LogP contribution in [0, 0.1) is 5.82 Å². The minimum absolute atomic E-state index is 0.0157. The number of benzene rings is 3. The summed E-state index contributed by atoms with van der Waals surface area (Å²) in [5.41, 5.74) is 2.10. The molecule has 12 heteroatoms. The molecule has 0 bridgehead atoms. The van der Waals surface area contributed by atoms with Crippen LogP contribution in [0.4, 0.5) is 15.9 Å². The van der Waals surface area contributed by atoms with Gasteiger partial charge in [-0.05, 0) is 70.9 Å². The van der Waals surface area contributed by atoms with Crippen LogP contribution in [0.25, 0.3) is 10.9 Å². The molecule has 1 aromatic heterocycles. The van der Waals surface area contributed by atoms with Crippen molar-refractivity contribution in [2.75, 3.05) is 31.0 Å². The Labute approximate surface area is 258 Å². The molecular weight excluding hydrogens is 639 g/mol. The molecular formula is C31H32BrFN4O5S. The Morgan fingerprint density at radius 2 is 1.98 bits per heavy atom. The minimum atomic E-state index is -3.12. The number of nitrogens with zero attached hydrogens (tertiary/aromatic N) is 2. The Kier molecular flexibility index (Phi) is 9.19. The van der Waals surface area contributed by atoms with E-state index in [2.05, 4.69) is 36.5 Å². The predicted molar refractivity (Wildman–Crippen MR) is 168 cm³/mol. The van der Waals surface area contributed by atoms with Gasteiger partial charge in [-0.25, -0.2) is 22.8 Å². The summed E-state index contributed by atoms with van der Waals surface area (Å²) in [5, 5.41) is 7.45. The summed E-state index contributed by atoms with van der Waals surface area (Å²) in [6, 6.07) is 15.4. The van der Waals surface area contributed by atoms with E-state index in [4.69, 9.17) is 14.2 Å². The highest BCUT2D eigenvalue weighted by molar-refractivity contribution is 9.10. The standard InChI is InChI=1S/C31H32BrFN4O5S/c1-20(34-11-13-43(3,38)39)31(10-5-12-42-31)25-16-24-27(17-29(25)40-2)35-19-36-30(24)37-23-8-9-28(26(32)15-23)41-18-21-6-4-7-22(33)14-21/h4-9,12,14-17,19-20,34H,10-11,13,18H2,1-3H3,(H,35,36,37). The first-order valence-corrected chi connectivity index (χ1v) is 16.4. The minimum Gasteiger partial charge on any atom is -0.496 e. The van der Waals surface area contributed by atoms with Crippen molar-refractivity contribution in [3.63, 3.8) is 0 Å². The number of nitrogens with one attached hydrogen (secondary N) is 2. The lowest BCUT2D eigenvalue weighted by Crippen LogP contribution is -2.47. The number of fused-ring (bicyclic) bond motifs is 1. The van der Waals surface area contributed by atoms with Crippen LogP contribution in [0.3, 0.4) is 0 Å². The van der Waals surface area contributed by atoms with Crippen molar-refractivity contribution in [1.29, 1.82) is 0 Å². The van der Waals surface area contributed by atoms with Gasteiger partial charge in [0.25, 0.3) is 0 Å². The van der Waals surface area contributed by atoms with Crippen LogP contribution >= 0.6 is 15.9 Å². The van der Waals surface area contributed by atoms with Crippen molar-refractivity contribution in [2.24, 2.45) is 0 Å². The van der Waals surface area contributed by atoms with Gasteiger partial charge in [0.15, 0.2) is 5.60 Å². The van der Waals surface area contributed by atoms with E-state index in [1.54, 1.807) is 25.5 Å². The molecule has 0 amide bonds. The third-order valence-corrected chi connectivity index (χ3v) is 8.87. The van der Waals surface area contributed by atoms with Gasteiger partial charge < -0.3 is 24.8 Å². The number of rotatable bonds is 12. The molecule has 0 saturated carbocycles. The van der Waals surface area contributed by atoms with Crippen LogP contribution in [0.15, 0.2) is 77.7 Å². The lowest BCUT2D eigenvalue weighted by molar-refractivity contribution is 0.00696. The first-order valence-electron chi connectivity index (χ1n) is 13.6. The molecule has 43 heavy (non-hydrogen) atoms. The quantitative estimate of drug-likeness (QED) is 0.187. The van der Waals surface area contributed by atoms with E-state index in [9.17, 15) is 12.8 Å². The van der Waals surface area contributed by atoms with Crippen LogP contribution in [0.1, 0.15) is 24.5 Å². The van der Waals surface area contributed by atoms with Gasteiger partial charge in [0.1, 0.15) is 45.9 Å². The number of hydrogen-bond acceptors (Lipinski definition) is 9. The van der Waals surface area contributed by atoms with Gasteiger partial charge in [-0.15, -0.1) is 0 Å². The lowest BCUT2D eigenvalue weighted by atomic mass is 9.83. The Bertz CT molecular complexity index is 1760. The van der Waals surface area contributed by atoms with E-state index in [-0.39, 0.29) is 30.8 Å². The summed E-state index contributed by atoms with van der Waals surface area (Å²) in [6.07, 6.45) is 6.86. The fourth-order valence-electron chi connectivity index (χ4n) is 5.06. The van der Waals surface area contributed by atoms with E-state index in [1.165, 1.54) is 24.7 Å². The molecule has 9 nitrogen and oxygen atoms in total. The SMILES string of the molecule is COc1cc2ncnc(Nc3ccc(OCc4cccc(F)c4)c(Br)c3)c2cc1C1(C(C)NCCS(C)(=O)=O)CC=CO1. The molecule has 1 aliphatic rings. The van der Waals surface area contributed by atoms with Crippen LogP contribution in [0.5, 0.6) is 11.5 Å². The second-order valence-corrected chi connectivity index (χ2v) is 13.5. The average molecular weight is 672 g/mol. The largest absolute Gasteiger partial charge is 0.496 e. The molecule has 226 valence electrons. The lowest BCUT2D eigenvalue weighted by Gasteiger charge is -2.37. The maximum atomic E-state index is 13.5. The first-order chi connectivity index (χ1) is 20.6. The second kappa shape index (κ2) is 12.9. The van der Waals surface area contributed by atoms with Crippen LogP contribution in [0.2, 0.25) is 0 Å². The zero-order valence-corrected chi connectivity index (χ0v) is 26.3. The van der Waals surface area contributed by atoms with Crippen molar-refractivity contribution in [3.8, 4) is 11.5 Å². The molecule has 0 fully saturated rings. The van der Waals surface area contributed by atoms with Gasteiger partial charge in [-0.2, -0.15) is 0 Å². The number of sulfone groups is 1. The molecule has 2 unspecified atom stereocenters. The maximum Gasteiger partial charge on any atom is 0.155 e. The molecule has 5 rings (SSSR count). The second-order valence-electron chi connectivity index (χ2n) is 10.4. The number of halogens is 2. The highest BCUT2D eigenvalue weighted by Crippen LogP contribution is 2.44. The summed E-state index contributed by atoms with van der Waals surface area (Å²) < 4.78 is 55.6. The fraction of sp³-hybridized carbons (Fsp3) is 0.290. The molecule has 2 N–H and O–H groups in total. The molecule has 0 saturated heterocycles. The number of aromatic nitrogens is 2. The molecule has 4 aromatic rings. The number of ether oxygens (including phenoxy) is 3. The van der Waals surface area contributed by atoms with E-state index in [1.807, 2.05) is 43.3 Å². The van der Waals surface area contributed by atoms with Crippen molar-refractivity contribution < 1.29 is 27.0 Å². The number of hydrogen-bond donors (Lipinski definition) is 2. The third-order valence-electron chi connectivity index (χ3n) is 7.31. The van der Waals surface area contributed by atoms with E-state index >= 15 is 0 Å². The van der Waals surface area contributed by atoms with Crippen LogP contribution in [-0.4, -0.2) is 50.1 Å². The highest BCUT2D eigenvalue weighted by atomic mass is 79.9. The molecule has 1 aliphatic heterocycles. The molecule has 3 aromatic carbocycles. The summed E-state index contributed by atoms with van der Waals surface area (Å²) in [4.78, 5) is 8.99. The number of anilines is 2. The Hall–Kier alpha value is -3.74. The zero-order chi connectivity index (χ0) is 30.6. The molecule has 0 aliphatic carbocycles. The fourth-order valence-corrected chi connectivity index (χ4v) is 6.04. The van der Waals surface area contributed by atoms with E-state index < -0.39 is 15.4 Å². The molecule has 2 atom stereocenters. The smallest absolute Gasteiger partial charge is 0.155 e. The first kappa shape index (κ1) is 30.7. The Morgan fingerprint density at radius 1 is 1.14 bits per heavy atom. The van der Waals surface area contributed by atoms with Gasteiger partial charge in [0, 0.05) is 48.0 Å². The monoisotopic (exact) mass is 670 g/mol. The number of methoxy groups -OCH3 is 1. The van der Waals surface area contributed by atoms with E-state index in [0.29, 0.717) is 33.7 Å². The van der Waals surface area contributed by atoms with Crippen LogP contribution < -0.4 is 20.1 Å². The Morgan fingerprint density at radius 3 is 2.67 bits per heavy atom. The van der Waals surface area contributed by atoms with Crippen LogP contribution in [-0.2, 0) is 26.8 Å². The summed E-state index contributed by atoms with van der Waals surface area (Å²) >= 11 is 3.57. The predicted octanol–water partition coefficient (Wildman–Crippen LogP) is 6.01. The zero-order valence-electron chi connectivity index (χ0n) is 23.9.